The molecule has 1 aliphatic rings. The van der Waals surface area contributed by atoms with Crippen molar-refractivity contribution in [3.8, 4) is 0 Å². The second-order valence-electron chi connectivity index (χ2n) is 5.64. The summed E-state index contributed by atoms with van der Waals surface area (Å²) in [6.45, 7) is 4.18. The third-order valence-electron chi connectivity index (χ3n) is 4.12. The Balaban J connectivity index is 2.04. The van der Waals surface area contributed by atoms with Gasteiger partial charge in [0, 0.05) is 13.1 Å². The first-order chi connectivity index (χ1) is 8.64. The first-order valence-corrected chi connectivity index (χ1v) is 7.14. The average Bonchev–Trinajstić information content (AvgIpc) is 2.40. The molecule has 0 aromatic heterocycles. The minimum atomic E-state index is -0.601. The first-order valence-electron chi connectivity index (χ1n) is 7.14. The molecule has 0 atom stereocenters. The van der Waals surface area contributed by atoms with Gasteiger partial charge in [-0.05, 0) is 43.9 Å². The van der Waals surface area contributed by atoms with Crippen molar-refractivity contribution >= 4 is 0 Å². The summed E-state index contributed by atoms with van der Waals surface area (Å²) < 4.78 is 0. The molecule has 1 saturated heterocycles. The zero-order valence-electron chi connectivity index (χ0n) is 11.7. The molecule has 0 saturated carbocycles. The van der Waals surface area contributed by atoms with E-state index in [2.05, 4.69) is 43.1 Å². The first kappa shape index (κ1) is 13.6. The number of nitrogens with zero attached hydrogens (tertiary/aromatic N) is 1. The van der Waals surface area contributed by atoms with Crippen LogP contribution in [0.5, 0.6) is 0 Å². The number of hydrogen-bond acceptors (Lipinski definition) is 2. The summed E-state index contributed by atoms with van der Waals surface area (Å²) in [5.41, 5.74) is 1.88. The molecule has 1 fully saturated rings. The van der Waals surface area contributed by atoms with Crippen molar-refractivity contribution in [2.24, 2.45) is 0 Å². The topological polar surface area (TPSA) is 23.5 Å². The van der Waals surface area contributed by atoms with E-state index in [1.807, 2.05) is 0 Å². The SMILES string of the molecule is CCCCc1ccc(C2(O)CCN(C)CC2)cc1. The Morgan fingerprint density at radius 3 is 2.33 bits per heavy atom. The largest absolute Gasteiger partial charge is 0.385 e. The Bertz CT molecular complexity index is 363. The van der Waals surface area contributed by atoms with Crippen molar-refractivity contribution in [2.75, 3.05) is 20.1 Å². The predicted octanol–water partition coefficient (Wildman–Crippen LogP) is 2.94. The van der Waals surface area contributed by atoms with Crippen LogP contribution in [0.15, 0.2) is 24.3 Å². The van der Waals surface area contributed by atoms with Crippen LogP contribution in [0.2, 0.25) is 0 Å². The van der Waals surface area contributed by atoms with Crippen LogP contribution in [0.1, 0.15) is 43.7 Å². The lowest BCUT2D eigenvalue weighted by atomic mass is 9.84. The monoisotopic (exact) mass is 247 g/mol. The maximum Gasteiger partial charge on any atom is 0.0920 e. The number of aryl methyl sites for hydroxylation is 1. The van der Waals surface area contributed by atoms with Gasteiger partial charge in [-0.15, -0.1) is 0 Å². The number of aliphatic hydroxyl groups is 1. The number of piperidine rings is 1. The van der Waals surface area contributed by atoms with Crippen molar-refractivity contribution in [2.45, 2.75) is 44.6 Å². The zero-order chi connectivity index (χ0) is 13.0. The fraction of sp³-hybridized carbons (Fsp3) is 0.625. The highest BCUT2D eigenvalue weighted by Crippen LogP contribution is 2.32. The van der Waals surface area contributed by atoms with Crippen LogP contribution >= 0.6 is 0 Å². The molecule has 2 rings (SSSR count). The van der Waals surface area contributed by atoms with Crippen LogP contribution in [-0.4, -0.2) is 30.1 Å². The van der Waals surface area contributed by atoms with Crippen LogP contribution in [0, 0.1) is 0 Å². The Morgan fingerprint density at radius 2 is 1.78 bits per heavy atom. The summed E-state index contributed by atoms with van der Waals surface area (Å²) in [5.74, 6) is 0. The highest BCUT2D eigenvalue weighted by Gasteiger charge is 2.32. The molecule has 100 valence electrons. The smallest absolute Gasteiger partial charge is 0.0920 e. The normalized spacial score (nSPS) is 19.9. The Morgan fingerprint density at radius 1 is 1.17 bits per heavy atom. The van der Waals surface area contributed by atoms with Crippen molar-refractivity contribution in [1.82, 2.24) is 4.90 Å². The molecule has 0 amide bonds. The Hall–Kier alpha value is -0.860. The number of unbranched alkanes of at least 4 members (excludes halogenated alkanes) is 1. The summed E-state index contributed by atoms with van der Waals surface area (Å²) in [4.78, 5) is 2.28. The van der Waals surface area contributed by atoms with Gasteiger partial charge < -0.3 is 10.0 Å². The molecule has 1 heterocycles. The van der Waals surface area contributed by atoms with Gasteiger partial charge >= 0.3 is 0 Å². The van der Waals surface area contributed by atoms with Crippen LogP contribution < -0.4 is 0 Å². The standard InChI is InChI=1S/C16H25NO/c1-3-4-5-14-6-8-15(9-7-14)16(18)10-12-17(2)13-11-16/h6-9,18H,3-5,10-13H2,1-2H3. The molecule has 0 spiro atoms. The van der Waals surface area contributed by atoms with E-state index in [0.717, 1.165) is 37.9 Å². The van der Waals surface area contributed by atoms with E-state index in [1.165, 1.54) is 18.4 Å². The zero-order valence-corrected chi connectivity index (χ0v) is 11.7. The minimum absolute atomic E-state index is 0.601. The minimum Gasteiger partial charge on any atom is -0.385 e. The third-order valence-corrected chi connectivity index (χ3v) is 4.12. The van der Waals surface area contributed by atoms with Crippen LogP contribution in [0.3, 0.4) is 0 Å². The highest BCUT2D eigenvalue weighted by molar-refractivity contribution is 5.28. The van der Waals surface area contributed by atoms with Gasteiger partial charge in [-0.2, -0.15) is 0 Å². The average molecular weight is 247 g/mol. The molecule has 1 aromatic carbocycles. The van der Waals surface area contributed by atoms with E-state index in [-0.39, 0.29) is 0 Å². The number of hydrogen-bond donors (Lipinski definition) is 1. The summed E-state index contributed by atoms with van der Waals surface area (Å²) in [5, 5.41) is 10.7. The molecule has 0 radical (unpaired) electrons. The van der Waals surface area contributed by atoms with Gasteiger partial charge in [0.2, 0.25) is 0 Å². The summed E-state index contributed by atoms with van der Waals surface area (Å²) in [6, 6.07) is 8.61. The molecule has 1 aromatic rings. The molecule has 0 aliphatic carbocycles. The quantitative estimate of drug-likeness (QED) is 0.884. The summed E-state index contributed by atoms with van der Waals surface area (Å²) in [6.07, 6.45) is 5.32. The number of rotatable bonds is 4. The maximum absolute atomic E-state index is 10.7. The number of benzene rings is 1. The molecule has 1 N–H and O–H groups in total. The van der Waals surface area contributed by atoms with Gasteiger partial charge in [-0.25, -0.2) is 0 Å². The molecule has 18 heavy (non-hydrogen) atoms. The van der Waals surface area contributed by atoms with Crippen molar-refractivity contribution in [1.29, 1.82) is 0 Å². The molecular weight excluding hydrogens is 222 g/mol. The molecule has 0 bridgehead atoms. The Labute approximate surface area is 111 Å². The fourth-order valence-electron chi connectivity index (χ4n) is 2.64. The van der Waals surface area contributed by atoms with Gasteiger partial charge in [0.1, 0.15) is 0 Å². The predicted molar refractivity (Wildman–Crippen MR) is 75.7 cm³/mol. The van der Waals surface area contributed by atoms with Crippen molar-refractivity contribution < 1.29 is 5.11 Å². The van der Waals surface area contributed by atoms with E-state index in [4.69, 9.17) is 0 Å². The van der Waals surface area contributed by atoms with Crippen LogP contribution in [0.4, 0.5) is 0 Å². The van der Waals surface area contributed by atoms with Crippen molar-refractivity contribution in [3.63, 3.8) is 0 Å². The summed E-state index contributed by atoms with van der Waals surface area (Å²) in [7, 11) is 2.12. The molecule has 1 aliphatic heterocycles. The Kier molecular flexibility index (Phi) is 4.41. The van der Waals surface area contributed by atoms with E-state index < -0.39 is 5.60 Å². The van der Waals surface area contributed by atoms with Gasteiger partial charge in [-0.3, -0.25) is 0 Å². The van der Waals surface area contributed by atoms with Crippen molar-refractivity contribution in [3.05, 3.63) is 35.4 Å². The highest BCUT2D eigenvalue weighted by atomic mass is 16.3. The summed E-state index contributed by atoms with van der Waals surface area (Å²) >= 11 is 0. The molecular formula is C16H25NO. The fourth-order valence-corrected chi connectivity index (χ4v) is 2.64. The maximum atomic E-state index is 10.7. The van der Waals surface area contributed by atoms with E-state index in [9.17, 15) is 5.11 Å². The number of likely N-dealkylation sites (tertiary alicyclic amines) is 1. The van der Waals surface area contributed by atoms with Crippen LogP contribution in [0.25, 0.3) is 0 Å². The third kappa shape index (κ3) is 3.12. The van der Waals surface area contributed by atoms with E-state index in [0.29, 0.717) is 0 Å². The molecule has 0 unspecified atom stereocenters. The van der Waals surface area contributed by atoms with Gasteiger partial charge in [0.05, 0.1) is 5.60 Å². The van der Waals surface area contributed by atoms with E-state index in [1.54, 1.807) is 0 Å². The molecule has 2 nitrogen and oxygen atoms in total. The van der Waals surface area contributed by atoms with Gasteiger partial charge in [0.15, 0.2) is 0 Å². The van der Waals surface area contributed by atoms with Gasteiger partial charge in [0.25, 0.3) is 0 Å². The molecule has 2 heteroatoms. The second-order valence-corrected chi connectivity index (χ2v) is 5.64. The second kappa shape index (κ2) is 5.85. The van der Waals surface area contributed by atoms with Gasteiger partial charge in [-0.1, -0.05) is 37.6 Å². The lowest BCUT2D eigenvalue weighted by Crippen LogP contribution is -2.40. The van der Waals surface area contributed by atoms with E-state index >= 15 is 0 Å². The lowest BCUT2D eigenvalue weighted by Gasteiger charge is -2.37. The lowest BCUT2D eigenvalue weighted by molar-refractivity contribution is -0.0203. The van der Waals surface area contributed by atoms with Crippen LogP contribution in [-0.2, 0) is 12.0 Å².